The topological polar surface area (TPSA) is 92.6 Å². The largest absolute Gasteiger partial charge is 0.497 e. The van der Waals surface area contributed by atoms with E-state index in [1.54, 1.807) is 11.8 Å². The Morgan fingerprint density at radius 3 is 2.59 bits per heavy atom. The van der Waals surface area contributed by atoms with Crippen molar-refractivity contribution in [2.75, 3.05) is 33.3 Å². The molecule has 0 saturated carbocycles. The highest BCUT2D eigenvalue weighted by Gasteiger charge is 2.43. The highest BCUT2D eigenvalue weighted by molar-refractivity contribution is 5.92. The molecular formula is C32H42N6O3. The summed E-state index contributed by atoms with van der Waals surface area (Å²) in [5, 5.41) is 11.8. The number of Topliss-reactive ketones (excluding diaryl/α,β-unsaturated/α-hetero) is 1. The zero-order chi connectivity index (χ0) is 28.3. The fourth-order valence-corrected chi connectivity index (χ4v) is 7.06. The van der Waals surface area contributed by atoms with Gasteiger partial charge in [0.25, 0.3) is 0 Å². The van der Waals surface area contributed by atoms with Crippen molar-refractivity contribution in [3.8, 4) is 5.75 Å². The second-order valence-electron chi connectivity index (χ2n) is 12.1. The van der Waals surface area contributed by atoms with Gasteiger partial charge in [0.2, 0.25) is 5.91 Å². The van der Waals surface area contributed by atoms with E-state index in [9.17, 15) is 9.59 Å². The van der Waals surface area contributed by atoms with Crippen LogP contribution in [0.4, 0.5) is 0 Å². The van der Waals surface area contributed by atoms with E-state index in [0.717, 1.165) is 54.8 Å². The number of nitrogens with one attached hydrogen (secondary N) is 1. The third kappa shape index (κ3) is 6.16. The van der Waals surface area contributed by atoms with Gasteiger partial charge in [0, 0.05) is 32.6 Å². The zero-order valence-electron chi connectivity index (χ0n) is 24.3. The molecule has 0 radical (unpaired) electrons. The molecule has 2 aromatic carbocycles. The number of ether oxygens (including phenoxy) is 1. The van der Waals surface area contributed by atoms with Crippen molar-refractivity contribution in [2.45, 2.75) is 69.5 Å². The summed E-state index contributed by atoms with van der Waals surface area (Å²) >= 11 is 0. The van der Waals surface area contributed by atoms with Crippen molar-refractivity contribution in [3.63, 3.8) is 0 Å². The number of fused-ring (bicyclic) bond motifs is 1. The number of hydrogen-bond donors (Lipinski definition) is 1. The molecular weight excluding hydrogens is 516 g/mol. The molecule has 218 valence electrons. The van der Waals surface area contributed by atoms with Crippen molar-refractivity contribution in [1.82, 2.24) is 30.1 Å². The summed E-state index contributed by atoms with van der Waals surface area (Å²) in [7, 11) is 3.55. The summed E-state index contributed by atoms with van der Waals surface area (Å²) in [6.45, 7) is 3.73. The Kier molecular flexibility index (Phi) is 8.35. The first-order valence-corrected chi connectivity index (χ1v) is 15.2. The molecule has 1 aromatic heterocycles. The lowest BCUT2D eigenvalue weighted by Gasteiger charge is -2.32. The predicted octanol–water partition coefficient (Wildman–Crippen LogP) is 3.15. The van der Waals surface area contributed by atoms with E-state index in [4.69, 9.17) is 4.74 Å². The number of ketones is 1. The molecule has 0 unspecified atom stereocenters. The van der Waals surface area contributed by atoms with Gasteiger partial charge in [0.15, 0.2) is 5.78 Å². The third-order valence-corrected chi connectivity index (χ3v) is 9.37. The lowest BCUT2D eigenvalue weighted by atomic mass is 9.94. The molecule has 9 nitrogen and oxygen atoms in total. The van der Waals surface area contributed by atoms with Gasteiger partial charge < -0.3 is 15.0 Å². The first-order chi connectivity index (χ1) is 20.0. The number of piperidine rings is 1. The molecule has 9 heteroatoms. The number of amides is 1. The van der Waals surface area contributed by atoms with Gasteiger partial charge in [-0.15, -0.1) is 5.10 Å². The van der Waals surface area contributed by atoms with E-state index in [1.165, 1.54) is 24.8 Å². The highest BCUT2D eigenvalue weighted by Crippen LogP contribution is 2.31. The Morgan fingerprint density at radius 1 is 1.02 bits per heavy atom. The Bertz CT molecular complexity index is 1370. The van der Waals surface area contributed by atoms with E-state index >= 15 is 0 Å². The summed E-state index contributed by atoms with van der Waals surface area (Å²) in [5.74, 6) is 1.33. The molecule has 3 aliphatic heterocycles. The number of benzene rings is 2. The van der Waals surface area contributed by atoms with E-state index in [0.29, 0.717) is 31.8 Å². The highest BCUT2D eigenvalue weighted by atomic mass is 16.5. The summed E-state index contributed by atoms with van der Waals surface area (Å²) in [6.07, 6.45) is 7.22. The molecule has 41 heavy (non-hydrogen) atoms. The molecule has 0 aliphatic carbocycles. The standard InChI is InChI=1S/C32H42N6O3/c1-36-29-12-8-23(17-27(29)34-35-36)9-13-31(39)30-18-24(16-22-6-10-26(41-2)11-7-22)21-38(30)32(40)28-19-25(20-33-28)37-14-4-3-5-15-37/h6-8,10-12,17,24-25,28,30,33H,3-5,9,13-16,18-21H2,1-2H3/t24-,25-,28-,30+/m1/s1. The number of aryl methyl sites for hydroxylation is 2. The van der Waals surface area contributed by atoms with Crippen molar-refractivity contribution in [2.24, 2.45) is 13.0 Å². The first-order valence-electron chi connectivity index (χ1n) is 15.2. The van der Waals surface area contributed by atoms with Gasteiger partial charge >= 0.3 is 0 Å². The number of likely N-dealkylation sites (tertiary alicyclic amines) is 2. The second-order valence-corrected chi connectivity index (χ2v) is 12.1. The van der Waals surface area contributed by atoms with Crippen molar-refractivity contribution < 1.29 is 14.3 Å². The van der Waals surface area contributed by atoms with Gasteiger partial charge in [0.1, 0.15) is 11.3 Å². The quantitative estimate of drug-likeness (QED) is 0.431. The fraction of sp³-hybridized carbons (Fsp3) is 0.562. The maximum atomic E-state index is 14.0. The molecule has 4 heterocycles. The Balaban J connectivity index is 1.14. The number of methoxy groups -OCH3 is 1. The SMILES string of the molecule is COc1ccc(C[C@@H]2C[C@@H](C(=O)CCc3ccc4c(c3)nnn4C)N(C(=O)[C@H]3C[C@@H](N4CCCCC4)CN3)C2)cc1. The van der Waals surface area contributed by atoms with E-state index in [2.05, 4.69) is 32.7 Å². The smallest absolute Gasteiger partial charge is 0.240 e. The van der Waals surface area contributed by atoms with Gasteiger partial charge in [-0.25, -0.2) is 4.68 Å². The number of hydrogen-bond acceptors (Lipinski definition) is 7. The molecule has 3 saturated heterocycles. The number of aromatic nitrogens is 3. The Hall–Kier alpha value is -3.30. The van der Waals surface area contributed by atoms with E-state index in [-0.39, 0.29) is 29.7 Å². The summed E-state index contributed by atoms with van der Waals surface area (Å²) < 4.78 is 7.07. The summed E-state index contributed by atoms with van der Waals surface area (Å²) in [5.41, 5.74) is 4.09. The average Bonchev–Trinajstić information content (AvgIpc) is 3.76. The molecule has 3 aliphatic rings. The number of rotatable bonds is 9. The van der Waals surface area contributed by atoms with Gasteiger partial charge in [-0.2, -0.15) is 0 Å². The number of nitrogens with zero attached hydrogens (tertiary/aromatic N) is 5. The van der Waals surface area contributed by atoms with Crippen LogP contribution in [0.1, 0.15) is 49.7 Å². The molecule has 4 atom stereocenters. The maximum absolute atomic E-state index is 14.0. The van der Waals surface area contributed by atoms with Crippen molar-refractivity contribution in [1.29, 1.82) is 0 Å². The molecule has 0 bridgehead atoms. The zero-order valence-corrected chi connectivity index (χ0v) is 24.3. The molecule has 6 rings (SSSR count). The normalized spacial score (nSPS) is 25.2. The minimum atomic E-state index is -0.373. The second kappa shape index (κ2) is 12.3. The van der Waals surface area contributed by atoms with Gasteiger partial charge in [-0.3, -0.25) is 14.5 Å². The van der Waals surface area contributed by atoms with Crippen LogP contribution in [0.2, 0.25) is 0 Å². The van der Waals surface area contributed by atoms with Crippen LogP contribution >= 0.6 is 0 Å². The predicted molar refractivity (Wildman–Crippen MR) is 158 cm³/mol. The Labute approximate surface area is 242 Å². The van der Waals surface area contributed by atoms with Crippen LogP contribution in [0.3, 0.4) is 0 Å². The maximum Gasteiger partial charge on any atom is 0.240 e. The fourth-order valence-electron chi connectivity index (χ4n) is 7.06. The van der Waals surface area contributed by atoms with Gasteiger partial charge in [0.05, 0.1) is 24.7 Å². The third-order valence-electron chi connectivity index (χ3n) is 9.37. The summed E-state index contributed by atoms with van der Waals surface area (Å²) in [6, 6.07) is 14.0. The number of carbonyl (C=O) groups is 2. The van der Waals surface area contributed by atoms with Crippen LogP contribution in [0.25, 0.3) is 11.0 Å². The molecule has 1 amide bonds. The molecule has 0 spiro atoms. The van der Waals surface area contributed by atoms with Crippen molar-refractivity contribution in [3.05, 3.63) is 53.6 Å². The summed E-state index contributed by atoms with van der Waals surface area (Å²) in [4.78, 5) is 32.2. The van der Waals surface area contributed by atoms with Crippen LogP contribution in [0, 0.1) is 5.92 Å². The monoisotopic (exact) mass is 558 g/mol. The molecule has 3 aromatic rings. The molecule has 1 N–H and O–H groups in total. The Morgan fingerprint density at radius 2 is 1.80 bits per heavy atom. The van der Waals surface area contributed by atoms with Gasteiger partial charge in [-0.1, -0.05) is 29.8 Å². The van der Waals surface area contributed by atoms with Crippen LogP contribution < -0.4 is 10.1 Å². The minimum Gasteiger partial charge on any atom is -0.497 e. The van der Waals surface area contributed by atoms with Crippen LogP contribution in [0.5, 0.6) is 5.75 Å². The first kappa shape index (κ1) is 27.8. The minimum absolute atomic E-state index is 0.0982. The van der Waals surface area contributed by atoms with Crippen LogP contribution in [0.15, 0.2) is 42.5 Å². The molecule has 3 fully saturated rings. The van der Waals surface area contributed by atoms with Crippen molar-refractivity contribution >= 4 is 22.7 Å². The van der Waals surface area contributed by atoms with E-state index < -0.39 is 0 Å². The number of carbonyl (C=O) groups excluding carboxylic acids is 2. The van der Waals surface area contributed by atoms with Crippen LogP contribution in [-0.4, -0.2) is 87.9 Å². The lowest BCUT2D eigenvalue weighted by Crippen LogP contribution is -2.48. The van der Waals surface area contributed by atoms with E-state index in [1.807, 2.05) is 42.3 Å². The van der Waals surface area contributed by atoms with Crippen LogP contribution in [-0.2, 0) is 29.5 Å². The van der Waals surface area contributed by atoms with Gasteiger partial charge in [-0.05, 0) is 92.9 Å². The average molecular weight is 559 g/mol. The lowest BCUT2D eigenvalue weighted by molar-refractivity contribution is -0.139.